The van der Waals surface area contributed by atoms with E-state index in [2.05, 4.69) is 26.1 Å². The Kier molecular flexibility index (Phi) is 26.9. The zero-order valence-corrected chi connectivity index (χ0v) is 52.8. The second-order valence-electron chi connectivity index (χ2n) is 20.4. The predicted octanol–water partition coefficient (Wildman–Crippen LogP) is 6.24. The average molecular weight is 1300 g/mol. The molecule has 1 N–H and O–H groups in total. The lowest BCUT2D eigenvalue weighted by Gasteiger charge is -2.43. The van der Waals surface area contributed by atoms with E-state index in [-0.39, 0.29) is 48.8 Å². The number of hydrogen-bond donors (Lipinski definition) is 1. The molecule has 2 aliphatic rings. The van der Waals surface area contributed by atoms with Gasteiger partial charge in [0.1, 0.15) is 48.6 Å². The molecule has 480 valence electrons. The van der Waals surface area contributed by atoms with Gasteiger partial charge in [0, 0.05) is 115 Å². The third kappa shape index (κ3) is 20.6. The smallest absolute Gasteiger partial charge is 0.303 e. The number of rotatable bonds is 20. The molecule has 0 amide bonds. The van der Waals surface area contributed by atoms with Crippen molar-refractivity contribution in [3.05, 3.63) is 92.0 Å². The summed E-state index contributed by atoms with van der Waals surface area (Å²) in [6.07, 6.45) is -10.8. The fourth-order valence-electron chi connectivity index (χ4n) is 9.17. The van der Waals surface area contributed by atoms with Gasteiger partial charge in [0.05, 0.1) is 14.2 Å². The summed E-state index contributed by atoms with van der Waals surface area (Å²) in [5.74, 6) is -5.49. The van der Waals surface area contributed by atoms with E-state index in [1.54, 1.807) is 40.6 Å². The van der Waals surface area contributed by atoms with Crippen LogP contribution in [0, 0.1) is 25.5 Å². The molecular weight excluding hydrogens is 1220 g/mol. The molecule has 87 heavy (non-hydrogen) atoms. The van der Waals surface area contributed by atoms with Crippen molar-refractivity contribution in [1.29, 1.82) is 0 Å². The maximum atomic E-state index is 15.0. The molecular formula is C58H75BrF2N4O22. The summed E-state index contributed by atoms with van der Waals surface area (Å²) in [6.45, 7) is 20.0. The van der Waals surface area contributed by atoms with Gasteiger partial charge in [-0.05, 0) is 64.8 Å². The molecule has 26 nitrogen and oxygen atoms in total. The summed E-state index contributed by atoms with van der Waals surface area (Å²) in [5, 5.41) is 6.50. The molecule has 2 fully saturated rings. The number of hydrogen-bond acceptors (Lipinski definition) is 23. The highest BCUT2D eigenvalue weighted by molar-refractivity contribution is 9.09. The van der Waals surface area contributed by atoms with Gasteiger partial charge in [-0.3, -0.25) is 57.6 Å². The number of methoxy groups -OCH3 is 2. The lowest BCUT2D eigenvalue weighted by molar-refractivity contribution is -0.289. The van der Waals surface area contributed by atoms with Gasteiger partial charge in [0.25, 0.3) is 5.56 Å². The Balaban J connectivity index is 0.000000309. The molecule has 2 aliphatic heterocycles. The summed E-state index contributed by atoms with van der Waals surface area (Å²) in [5.41, 5.74) is 3.28. The van der Waals surface area contributed by atoms with Crippen LogP contribution in [0.4, 0.5) is 8.78 Å². The Hall–Kier alpha value is -7.92. The first-order valence-corrected chi connectivity index (χ1v) is 28.1. The summed E-state index contributed by atoms with van der Waals surface area (Å²) in [6, 6.07) is 9.19. The van der Waals surface area contributed by atoms with Crippen LogP contribution in [-0.4, -0.2) is 155 Å². The van der Waals surface area contributed by atoms with Crippen LogP contribution in [0.5, 0.6) is 17.4 Å². The quantitative estimate of drug-likeness (QED) is 0.0581. The van der Waals surface area contributed by atoms with Crippen molar-refractivity contribution < 1.29 is 109 Å². The lowest BCUT2D eigenvalue weighted by atomic mass is 9.98. The van der Waals surface area contributed by atoms with Gasteiger partial charge in [0.15, 0.2) is 35.5 Å². The van der Waals surface area contributed by atoms with Crippen LogP contribution in [-0.2, 0) is 98.6 Å². The fraction of sp³-hybridized carbons (Fsp3) is 0.552. The molecule has 2 aromatic heterocycles. The molecule has 0 aliphatic carbocycles. The number of H-pyrrole nitrogens is 1. The van der Waals surface area contributed by atoms with Crippen LogP contribution in [0.2, 0.25) is 0 Å². The maximum absolute atomic E-state index is 15.0. The standard InChI is InChI=1S/C29H37FN2O11.C15H19FN2O2.C14H19BrO9/c1-14(2)32-15(3)22(11-20-9-10-21(37-8)12-23(20)30)28(31-32)43-29-27(41-19(7)36)26(40-18(6)35)25(39-17(5)34)24(42-29)13-38-16(4)33;1-9(2)18-10(3)13(15(19)17-18)7-11-5-6-12(20-4)8-14(11)16;1-6(16)20-5-10-11(21-7(2)17)12(22-8(3)18)13(14(15)24-10)23-9(4)19/h9-10,12,14,24-27,29H,11,13H2,1-8H3;5-6,8-9H,7H2,1-4H3,(H,17,19);10-14H,5H2,1-4H3/t24-,25-,26+,27-,29+;;10-,11-,12+,13-,14+/m1.1/s1. The molecule has 0 saturated carbocycles. The summed E-state index contributed by atoms with van der Waals surface area (Å²) in [4.78, 5) is 105. The van der Waals surface area contributed by atoms with Gasteiger partial charge >= 0.3 is 47.8 Å². The van der Waals surface area contributed by atoms with Crippen molar-refractivity contribution >= 4 is 63.7 Å². The highest BCUT2D eigenvalue weighted by Gasteiger charge is 2.54. The maximum Gasteiger partial charge on any atom is 0.303 e. The van der Waals surface area contributed by atoms with E-state index < -0.39 is 120 Å². The second kappa shape index (κ2) is 32.7. The van der Waals surface area contributed by atoms with Crippen LogP contribution < -0.4 is 19.8 Å². The summed E-state index contributed by atoms with van der Waals surface area (Å²) in [7, 11) is 2.93. The SMILES string of the molecule is CC(=O)OC[C@H]1O[C@H](Br)[C@H](OC(C)=O)[C@@H](OC(C)=O)[C@@H]1OC(C)=O.COc1ccc(Cc2c(C)n(C(C)C)[nH]c2=O)c(F)c1.COc1ccc(Cc2c(O[C@@H]3O[C@H](COC(C)=O)[C@@H](OC(C)=O)[C@H](OC(C)=O)[C@H]3OC(C)=O)nn(C(C)C)c2C)c(F)c1. The van der Waals surface area contributed by atoms with Crippen LogP contribution in [0.3, 0.4) is 0 Å². The summed E-state index contributed by atoms with van der Waals surface area (Å²) >= 11 is 3.18. The Morgan fingerprint density at radius 2 is 0.966 bits per heavy atom. The van der Waals surface area contributed by atoms with Crippen molar-refractivity contribution in [2.45, 2.75) is 182 Å². The van der Waals surface area contributed by atoms with E-state index in [1.807, 2.05) is 34.6 Å². The average Bonchev–Trinajstić information content (AvgIpc) is 2.02. The monoisotopic (exact) mass is 1300 g/mol. The molecule has 4 aromatic rings. The van der Waals surface area contributed by atoms with Crippen molar-refractivity contribution in [2.75, 3.05) is 27.4 Å². The van der Waals surface area contributed by atoms with Crippen molar-refractivity contribution in [3.8, 4) is 17.4 Å². The Labute approximate surface area is 509 Å². The number of esters is 8. The predicted molar refractivity (Wildman–Crippen MR) is 303 cm³/mol. The molecule has 0 spiro atoms. The fourth-order valence-corrected chi connectivity index (χ4v) is 9.86. The second-order valence-corrected chi connectivity index (χ2v) is 21.3. The number of nitrogens with one attached hydrogen (secondary N) is 1. The number of nitrogens with zero attached hydrogens (tertiary/aromatic N) is 3. The molecule has 10 atom stereocenters. The third-order valence-electron chi connectivity index (χ3n) is 12.9. The normalized spacial score (nSPS) is 21.3. The Bertz CT molecular complexity index is 3140. The molecule has 4 heterocycles. The van der Waals surface area contributed by atoms with Crippen molar-refractivity contribution in [1.82, 2.24) is 19.6 Å². The van der Waals surface area contributed by atoms with E-state index in [0.29, 0.717) is 39.4 Å². The number of ether oxygens (including phenoxy) is 13. The number of aromatic nitrogens is 4. The molecule has 6 rings (SSSR count). The van der Waals surface area contributed by atoms with Crippen molar-refractivity contribution in [3.63, 3.8) is 0 Å². The molecule has 29 heteroatoms. The van der Waals surface area contributed by atoms with Crippen LogP contribution in [0.1, 0.15) is 129 Å². The first-order chi connectivity index (χ1) is 40.8. The zero-order chi connectivity index (χ0) is 65.3. The molecule has 2 saturated heterocycles. The zero-order valence-electron chi connectivity index (χ0n) is 51.2. The van der Waals surface area contributed by atoms with Gasteiger partial charge in [-0.15, -0.1) is 5.10 Å². The molecule has 0 radical (unpaired) electrons. The molecule has 0 bridgehead atoms. The number of benzene rings is 2. The van der Waals surface area contributed by atoms with Crippen LogP contribution in [0.25, 0.3) is 0 Å². The Morgan fingerprint density at radius 3 is 1.36 bits per heavy atom. The topological polar surface area (TPSA) is 312 Å². The largest absolute Gasteiger partial charge is 0.497 e. The van der Waals surface area contributed by atoms with Gasteiger partial charge in [-0.1, -0.05) is 28.1 Å². The number of carbonyl (C=O) groups is 8. The minimum absolute atomic E-state index is 0.0299. The molecule has 0 unspecified atom stereocenters. The van der Waals surface area contributed by atoms with Crippen LogP contribution in [0.15, 0.2) is 41.2 Å². The van der Waals surface area contributed by atoms with Gasteiger partial charge in [0.2, 0.25) is 18.3 Å². The van der Waals surface area contributed by atoms with E-state index in [4.69, 9.17) is 61.6 Å². The van der Waals surface area contributed by atoms with Crippen LogP contribution >= 0.6 is 15.9 Å². The first kappa shape index (κ1) is 71.6. The number of carbonyl (C=O) groups excluding carboxylic acids is 8. The van der Waals surface area contributed by atoms with E-state index in [0.717, 1.165) is 40.3 Å². The van der Waals surface area contributed by atoms with Gasteiger partial charge in [-0.2, -0.15) is 0 Å². The number of aromatic amines is 1. The third-order valence-corrected chi connectivity index (χ3v) is 13.6. The highest BCUT2D eigenvalue weighted by atomic mass is 79.9. The van der Waals surface area contributed by atoms with Gasteiger partial charge in [-0.25, -0.2) is 8.78 Å². The highest BCUT2D eigenvalue weighted by Crippen LogP contribution is 2.36. The first-order valence-electron chi connectivity index (χ1n) is 27.2. The number of alkyl halides is 1. The van der Waals surface area contributed by atoms with E-state index in [9.17, 15) is 51.9 Å². The summed E-state index contributed by atoms with van der Waals surface area (Å²) < 4.78 is 102. The van der Waals surface area contributed by atoms with E-state index in [1.165, 1.54) is 47.1 Å². The van der Waals surface area contributed by atoms with Crippen molar-refractivity contribution in [2.24, 2.45) is 0 Å². The van der Waals surface area contributed by atoms with E-state index >= 15 is 0 Å². The number of halogens is 3. The molecule has 2 aromatic carbocycles. The minimum atomic E-state index is -1.49. The Morgan fingerprint density at radius 1 is 0.563 bits per heavy atom. The minimum Gasteiger partial charge on any atom is -0.497 e. The lowest BCUT2D eigenvalue weighted by Crippen LogP contribution is -2.63. The van der Waals surface area contributed by atoms with Gasteiger partial charge < -0.3 is 61.6 Å².